The van der Waals surface area contributed by atoms with Gasteiger partial charge in [-0.05, 0) is 43.4 Å². The van der Waals surface area contributed by atoms with E-state index in [1.54, 1.807) is 0 Å². The number of hydrogen-bond acceptors (Lipinski definition) is 4. The first-order valence-electron chi connectivity index (χ1n) is 7.34. The van der Waals surface area contributed by atoms with Crippen molar-refractivity contribution in [2.75, 3.05) is 6.61 Å². The van der Waals surface area contributed by atoms with Crippen molar-refractivity contribution in [1.29, 1.82) is 5.26 Å². The van der Waals surface area contributed by atoms with Crippen LogP contribution < -0.4 is 4.74 Å². The number of benzene rings is 1. The molecule has 2 aliphatic rings. The van der Waals surface area contributed by atoms with Crippen molar-refractivity contribution in [3.63, 3.8) is 0 Å². The highest BCUT2D eigenvalue weighted by Crippen LogP contribution is 2.45. The Kier molecular flexibility index (Phi) is 4.01. The van der Waals surface area contributed by atoms with Gasteiger partial charge in [0.25, 0.3) is 0 Å². The van der Waals surface area contributed by atoms with Crippen LogP contribution in [0.5, 0.6) is 5.75 Å². The summed E-state index contributed by atoms with van der Waals surface area (Å²) in [7, 11) is -0.764. The van der Waals surface area contributed by atoms with Gasteiger partial charge in [-0.2, -0.15) is 5.26 Å². The molecule has 112 valence electrons. The van der Waals surface area contributed by atoms with Crippen LogP contribution in [-0.2, 0) is 16.4 Å². The van der Waals surface area contributed by atoms with Crippen LogP contribution in [0.4, 0.5) is 0 Å². The molecule has 1 aromatic rings. The summed E-state index contributed by atoms with van der Waals surface area (Å²) in [4.78, 5) is 0. The van der Waals surface area contributed by atoms with Crippen LogP contribution in [0.15, 0.2) is 24.3 Å². The largest absolute Gasteiger partial charge is 0.493 e. The number of hydrogen-bond donors (Lipinski definition) is 1. The van der Waals surface area contributed by atoms with Gasteiger partial charge in [-0.25, -0.2) is 0 Å². The molecular formula is C16H19NO3S. The van der Waals surface area contributed by atoms with Crippen molar-refractivity contribution in [3.8, 4) is 11.8 Å². The summed E-state index contributed by atoms with van der Waals surface area (Å²) in [5.41, 5.74) is 0.0222. The number of aliphatic hydroxyl groups is 1. The van der Waals surface area contributed by atoms with E-state index in [0.717, 1.165) is 18.4 Å². The lowest BCUT2D eigenvalue weighted by Crippen LogP contribution is -2.40. The van der Waals surface area contributed by atoms with Crippen molar-refractivity contribution >= 4 is 10.8 Å². The maximum atomic E-state index is 12.1. The third-order valence-corrected chi connectivity index (χ3v) is 6.59. The van der Waals surface area contributed by atoms with Crippen molar-refractivity contribution in [1.82, 2.24) is 0 Å². The van der Waals surface area contributed by atoms with Crippen molar-refractivity contribution < 1.29 is 14.1 Å². The van der Waals surface area contributed by atoms with E-state index in [1.807, 2.05) is 30.3 Å². The van der Waals surface area contributed by atoms with Gasteiger partial charge in [0.15, 0.2) is 0 Å². The third-order valence-electron chi connectivity index (χ3n) is 4.47. The summed E-state index contributed by atoms with van der Waals surface area (Å²) >= 11 is 0. The van der Waals surface area contributed by atoms with Gasteiger partial charge in [-0.3, -0.25) is 4.21 Å². The van der Waals surface area contributed by atoms with Gasteiger partial charge in [-0.1, -0.05) is 12.1 Å². The van der Waals surface area contributed by atoms with Crippen LogP contribution in [0.25, 0.3) is 0 Å². The molecule has 0 aromatic heterocycles. The van der Waals surface area contributed by atoms with Gasteiger partial charge >= 0.3 is 0 Å². The summed E-state index contributed by atoms with van der Waals surface area (Å²) in [6.45, 7) is 0.378. The topological polar surface area (TPSA) is 70.3 Å². The zero-order valence-electron chi connectivity index (χ0n) is 11.8. The Hall–Kier alpha value is -1.38. The molecule has 0 amide bonds. The van der Waals surface area contributed by atoms with Gasteiger partial charge in [0.2, 0.25) is 0 Å². The molecule has 2 atom stereocenters. The lowest BCUT2D eigenvalue weighted by molar-refractivity contribution is 0.0184. The minimum absolute atomic E-state index is 0.139. The maximum absolute atomic E-state index is 12.1. The second kappa shape index (κ2) is 5.78. The molecule has 0 aliphatic carbocycles. The number of nitrogens with zero attached hydrogens (tertiary/aromatic N) is 1. The fraction of sp³-hybridized carbons (Fsp3) is 0.562. The predicted molar refractivity (Wildman–Crippen MR) is 80.3 cm³/mol. The second-order valence-electron chi connectivity index (χ2n) is 5.87. The molecule has 3 rings (SSSR count). The molecule has 2 bridgehead atoms. The second-order valence-corrected chi connectivity index (χ2v) is 7.86. The molecule has 5 heteroatoms. The van der Waals surface area contributed by atoms with Gasteiger partial charge in [0.05, 0.1) is 18.1 Å². The van der Waals surface area contributed by atoms with E-state index in [-0.39, 0.29) is 10.5 Å². The minimum atomic E-state index is -0.856. The molecule has 0 saturated carbocycles. The monoisotopic (exact) mass is 305 g/mol. The van der Waals surface area contributed by atoms with Gasteiger partial charge < -0.3 is 9.84 Å². The average Bonchev–Trinajstić information content (AvgIpc) is 2.72. The Bertz CT molecular complexity index is 562. The fourth-order valence-electron chi connectivity index (χ4n) is 3.39. The minimum Gasteiger partial charge on any atom is -0.493 e. The highest BCUT2D eigenvalue weighted by Gasteiger charge is 2.48. The molecule has 2 fully saturated rings. The summed E-state index contributed by atoms with van der Waals surface area (Å²) in [6, 6.07) is 9.47. The van der Waals surface area contributed by atoms with Crippen molar-refractivity contribution in [2.24, 2.45) is 0 Å². The van der Waals surface area contributed by atoms with E-state index < -0.39 is 16.4 Å². The Morgan fingerprint density at radius 2 is 1.90 bits per heavy atom. The third kappa shape index (κ3) is 2.83. The van der Waals surface area contributed by atoms with Crippen LogP contribution in [0.2, 0.25) is 0 Å². The lowest BCUT2D eigenvalue weighted by Gasteiger charge is -2.36. The Morgan fingerprint density at radius 3 is 2.48 bits per heavy atom. The van der Waals surface area contributed by atoms with Crippen LogP contribution in [0, 0.1) is 11.3 Å². The molecular weight excluding hydrogens is 286 g/mol. The SMILES string of the molecule is N#CCCOc1ccc(C2(O)CC3CCC(C2)S3=O)cc1. The van der Waals surface area contributed by atoms with Crippen LogP contribution in [0.1, 0.15) is 37.7 Å². The first-order chi connectivity index (χ1) is 10.1. The van der Waals surface area contributed by atoms with E-state index in [1.165, 1.54) is 0 Å². The molecule has 4 nitrogen and oxygen atoms in total. The van der Waals surface area contributed by atoms with E-state index >= 15 is 0 Å². The van der Waals surface area contributed by atoms with E-state index in [2.05, 4.69) is 0 Å². The summed E-state index contributed by atoms with van der Waals surface area (Å²) in [6.07, 6.45) is 3.47. The fourth-order valence-corrected chi connectivity index (χ4v) is 5.55. The summed E-state index contributed by atoms with van der Waals surface area (Å²) in [5.74, 6) is 0.708. The number of nitriles is 1. The Labute approximate surface area is 127 Å². The Morgan fingerprint density at radius 1 is 1.29 bits per heavy atom. The predicted octanol–water partition coefficient (Wildman–Crippen LogP) is 2.24. The number of rotatable bonds is 4. The van der Waals surface area contributed by atoms with E-state index in [9.17, 15) is 9.32 Å². The summed E-state index contributed by atoms with van der Waals surface area (Å²) < 4.78 is 17.5. The first-order valence-corrected chi connectivity index (χ1v) is 8.62. The molecule has 2 saturated heterocycles. The first kappa shape index (κ1) is 14.6. The number of ether oxygens (including phenoxy) is 1. The van der Waals surface area contributed by atoms with E-state index in [4.69, 9.17) is 10.00 Å². The highest BCUT2D eigenvalue weighted by molar-refractivity contribution is 7.86. The molecule has 2 unspecified atom stereocenters. The molecule has 0 spiro atoms. The van der Waals surface area contributed by atoms with Crippen molar-refractivity contribution in [3.05, 3.63) is 29.8 Å². The maximum Gasteiger partial charge on any atom is 0.119 e. The molecule has 1 aromatic carbocycles. The van der Waals surface area contributed by atoms with Gasteiger partial charge in [0, 0.05) is 21.3 Å². The zero-order valence-corrected chi connectivity index (χ0v) is 12.6. The molecule has 2 heterocycles. The van der Waals surface area contributed by atoms with Crippen molar-refractivity contribution in [2.45, 2.75) is 48.2 Å². The molecule has 21 heavy (non-hydrogen) atoms. The van der Waals surface area contributed by atoms with Crippen LogP contribution in [0.3, 0.4) is 0 Å². The highest BCUT2D eigenvalue weighted by atomic mass is 32.2. The number of fused-ring (bicyclic) bond motifs is 2. The molecule has 2 aliphatic heterocycles. The average molecular weight is 305 g/mol. The quantitative estimate of drug-likeness (QED) is 0.866. The smallest absolute Gasteiger partial charge is 0.119 e. The molecule has 1 N–H and O–H groups in total. The normalized spacial score (nSPS) is 34.4. The van der Waals surface area contributed by atoms with E-state index in [0.29, 0.717) is 31.6 Å². The van der Waals surface area contributed by atoms with Gasteiger partial charge in [-0.15, -0.1) is 0 Å². The van der Waals surface area contributed by atoms with Crippen LogP contribution in [-0.4, -0.2) is 26.4 Å². The Balaban J connectivity index is 1.72. The lowest BCUT2D eigenvalue weighted by atomic mass is 9.86. The van der Waals surface area contributed by atoms with Crippen LogP contribution >= 0.6 is 0 Å². The van der Waals surface area contributed by atoms with Gasteiger partial charge in [0.1, 0.15) is 12.4 Å². The summed E-state index contributed by atoms with van der Waals surface area (Å²) in [5, 5.41) is 19.7. The standard InChI is InChI=1S/C16H19NO3S/c17-8-1-9-20-13-4-2-12(3-5-13)16(18)10-14-6-7-15(11-16)21(14)19/h2-5,14-15,18H,1,6-7,9-11H2. The molecule has 0 radical (unpaired) electrons. The zero-order chi connectivity index (χ0) is 14.9.